The van der Waals surface area contributed by atoms with Crippen LogP contribution in [0, 0.1) is 0 Å². The number of sulfonamides is 1. The smallest absolute Gasteiger partial charge is 0.242 e. The van der Waals surface area contributed by atoms with E-state index in [1.807, 2.05) is 38.5 Å². The van der Waals surface area contributed by atoms with Crippen LogP contribution in [0.3, 0.4) is 0 Å². The first kappa shape index (κ1) is 16.7. The van der Waals surface area contributed by atoms with Gasteiger partial charge in [0.2, 0.25) is 10.0 Å². The maximum atomic E-state index is 12.0. The molecule has 22 heavy (non-hydrogen) atoms. The van der Waals surface area contributed by atoms with E-state index in [9.17, 15) is 8.42 Å². The number of nitrogens with one attached hydrogen (secondary N) is 1. The van der Waals surface area contributed by atoms with Gasteiger partial charge in [-0.25, -0.2) is 12.7 Å². The van der Waals surface area contributed by atoms with Crippen molar-refractivity contribution in [2.24, 2.45) is 7.05 Å². The summed E-state index contributed by atoms with van der Waals surface area (Å²) in [6, 6.07) is 7.10. The predicted molar refractivity (Wildman–Crippen MR) is 85.8 cm³/mol. The second kappa shape index (κ2) is 6.60. The molecule has 1 N–H and O–H groups in total. The number of aryl methyl sites for hydroxylation is 1. The lowest BCUT2D eigenvalue weighted by molar-refractivity contribution is 0.520. The predicted octanol–water partition coefficient (Wildman–Crippen LogP) is 1.52. The van der Waals surface area contributed by atoms with E-state index in [4.69, 9.17) is 0 Å². The quantitative estimate of drug-likeness (QED) is 0.875. The molecular formula is C15H22N4O2S. The van der Waals surface area contributed by atoms with Gasteiger partial charge in [-0.2, -0.15) is 5.10 Å². The molecule has 0 saturated heterocycles. The van der Waals surface area contributed by atoms with Gasteiger partial charge in [-0.3, -0.25) is 4.68 Å². The summed E-state index contributed by atoms with van der Waals surface area (Å²) in [6.45, 7) is 2.76. The van der Waals surface area contributed by atoms with Crippen LogP contribution in [-0.4, -0.2) is 36.6 Å². The van der Waals surface area contributed by atoms with E-state index < -0.39 is 10.0 Å². The van der Waals surface area contributed by atoms with Crippen LogP contribution in [-0.2, 0) is 23.6 Å². The molecule has 7 heteroatoms. The summed E-state index contributed by atoms with van der Waals surface area (Å²) in [5, 5.41) is 7.52. The van der Waals surface area contributed by atoms with Crippen LogP contribution in [0.4, 0.5) is 0 Å². The number of hydrogen-bond acceptors (Lipinski definition) is 4. The maximum Gasteiger partial charge on any atom is 0.242 e. The van der Waals surface area contributed by atoms with Crippen molar-refractivity contribution in [1.82, 2.24) is 19.4 Å². The average Bonchev–Trinajstić information content (AvgIpc) is 2.90. The van der Waals surface area contributed by atoms with Crippen LogP contribution in [0.25, 0.3) is 0 Å². The van der Waals surface area contributed by atoms with Crippen molar-refractivity contribution in [2.75, 3.05) is 14.1 Å². The largest absolute Gasteiger partial charge is 0.306 e. The minimum Gasteiger partial charge on any atom is -0.306 e. The van der Waals surface area contributed by atoms with Crippen molar-refractivity contribution in [3.8, 4) is 0 Å². The highest BCUT2D eigenvalue weighted by Gasteiger charge is 2.17. The summed E-state index contributed by atoms with van der Waals surface area (Å²) in [4.78, 5) is 0.306. The van der Waals surface area contributed by atoms with E-state index >= 15 is 0 Å². The van der Waals surface area contributed by atoms with Crippen molar-refractivity contribution >= 4 is 10.0 Å². The first-order valence-corrected chi connectivity index (χ1v) is 8.48. The van der Waals surface area contributed by atoms with E-state index in [0.29, 0.717) is 11.4 Å². The van der Waals surface area contributed by atoms with Crippen molar-refractivity contribution in [3.63, 3.8) is 0 Å². The van der Waals surface area contributed by atoms with E-state index in [0.717, 1.165) is 11.1 Å². The molecule has 0 radical (unpaired) electrons. The number of nitrogens with zero attached hydrogens (tertiary/aromatic N) is 3. The second-order valence-corrected chi connectivity index (χ2v) is 7.63. The maximum absolute atomic E-state index is 12.0. The zero-order chi connectivity index (χ0) is 16.3. The highest BCUT2D eigenvalue weighted by atomic mass is 32.2. The van der Waals surface area contributed by atoms with E-state index in [1.165, 1.54) is 18.4 Å². The van der Waals surface area contributed by atoms with Crippen LogP contribution < -0.4 is 5.32 Å². The van der Waals surface area contributed by atoms with Crippen molar-refractivity contribution in [2.45, 2.75) is 24.4 Å². The number of hydrogen-bond donors (Lipinski definition) is 1. The molecule has 1 aromatic carbocycles. The van der Waals surface area contributed by atoms with E-state index in [2.05, 4.69) is 10.4 Å². The van der Waals surface area contributed by atoms with Gasteiger partial charge in [0, 0.05) is 45.5 Å². The van der Waals surface area contributed by atoms with Crippen LogP contribution in [0.2, 0.25) is 0 Å². The summed E-state index contributed by atoms with van der Waals surface area (Å²) in [7, 11) is 1.57. The standard InChI is InChI=1S/C15H22N4O2S/c1-12(16-9-13-10-17-19(4)11-13)14-5-7-15(8-6-14)22(20,21)18(2)3/h5-8,10-12,16H,9H2,1-4H3. The third-order valence-corrected chi connectivity index (χ3v) is 5.36. The Morgan fingerprint density at radius 1 is 1.27 bits per heavy atom. The van der Waals surface area contributed by atoms with Gasteiger partial charge >= 0.3 is 0 Å². The molecule has 2 aromatic rings. The Balaban J connectivity index is 2.03. The molecule has 1 atom stereocenters. The normalized spacial score (nSPS) is 13.5. The van der Waals surface area contributed by atoms with Gasteiger partial charge in [0.05, 0.1) is 11.1 Å². The minimum absolute atomic E-state index is 0.122. The summed E-state index contributed by atoms with van der Waals surface area (Å²) < 4.78 is 27.0. The fourth-order valence-corrected chi connectivity index (χ4v) is 2.99. The van der Waals surface area contributed by atoms with Gasteiger partial charge < -0.3 is 5.32 Å². The Bertz CT molecular complexity index is 720. The van der Waals surface area contributed by atoms with Gasteiger partial charge in [-0.15, -0.1) is 0 Å². The number of rotatable bonds is 6. The highest BCUT2D eigenvalue weighted by Crippen LogP contribution is 2.18. The zero-order valence-electron chi connectivity index (χ0n) is 13.3. The fraction of sp³-hybridized carbons (Fsp3) is 0.400. The topological polar surface area (TPSA) is 67.2 Å². The summed E-state index contributed by atoms with van der Waals surface area (Å²) >= 11 is 0. The van der Waals surface area contributed by atoms with Crippen LogP contribution in [0.5, 0.6) is 0 Å². The second-order valence-electron chi connectivity index (χ2n) is 5.48. The summed E-state index contributed by atoms with van der Waals surface area (Å²) in [5.41, 5.74) is 2.16. The molecule has 0 saturated carbocycles. The molecule has 0 fully saturated rings. The minimum atomic E-state index is -3.37. The zero-order valence-corrected chi connectivity index (χ0v) is 14.1. The Hall–Kier alpha value is -1.70. The van der Waals surface area contributed by atoms with Crippen LogP contribution in [0.15, 0.2) is 41.6 Å². The molecule has 2 rings (SSSR count). The molecule has 1 aromatic heterocycles. The van der Waals surface area contributed by atoms with Crippen LogP contribution in [0.1, 0.15) is 24.1 Å². The monoisotopic (exact) mass is 322 g/mol. The van der Waals surface area contributed by atoms with Gasteiger partial charge in [-0.1, -0.05) is 12.1 Å². The Morgan fingerprint density at radius 2 is 1.91 bits per heavy atom. The first-order chi connectivity index (χ1) is 10.3. The first-order valence-electron chi connectivity index (χ1n) is 7.04. The Morgan fingerprint density at radius 3 is 2.41 bits per heavy atom. The van der Waals surface area contributed by atoms with Gasteiger partial charge in [0.15, 0.2) is 0 Å². The Kier molecular flexibility index (Phi) is 5.00. The van der Waals surface area contributed by atoms with Crippen molar-refractivity contribution < 1.29 is 8.42 Å². The molecule has 120 valence electrons. The lowest BCUT2D eigenvalue weighted by Crippen LogP contribution is -2.22. The lowest BCUT2D eigenvalue weighted by atomic mass is 10.1. The highest BCUT2D eigenvalue weighted by molar-refractivity contribution is 7.89. The summed E-state index contributed by atoms with van der Waals surface area (Å²) in [6.07, 6.45) is 3.79. The molecule has 0 aliphatic heterocycles. The SMILES string of the molecule is CC(NCc1cnn(C)c1)c1ccc(S(=O)(=O)N(C)C)cc1. The molecule has 0 amide bonds. The molecule has 0 bridgehead atoms. The van der Waals surface area contributed by atoms with Gasteiger partial charge in [-0.05, 0) is 24.6 Å². The third-order valence-electron chi connectivity index (χ3n) is 3.53. The van der Waals surface area contributed by atoms with E-state index in [-0.39, 0.29) is 6.04 Å². The molecule has 6 nitrogen and oxygen atoms in total. The van der Waals surface area contributed by atoms with Crippen molar-refractivity contribution in [1.29, 1.82) is 0 Å². The molecular weight excluding hydrogens is 300 g/mol. The molecule has 0 spiro atoms. The fourth-order valence-electron chi connectivity index (χ4n) is 2.09. The van der Waals surface area contributed by atoms with Gasteiger partial charge in [0.1, 0.15) is 0 Å². The summed E-state index contributed by atoms with van der Waals surface area (Å²) in [5.74, 6) is 0. The molecule has 0 aliphatic carbocycles. The Labute approximate surface area is 131 Å². The van der Waals surface area contributed by atoms with Crippen molar-refractivity contribution in [3.05, 3.63) is 47.8 Å². The molecule has 1 unspecified atom stereocenters. The molecule has 0 aliphatic rings. The van der Waals surface area contributed by atoms with E-state index in [1.54, 1.807) is 16.8 Å². The van der Waals surface area contributed by atoms with Crippen LogP contribution >= 0.6 is 0 Å². The third kappa shape index (κ3) is 3.73. The lowest BCUT2D eigenvalue weighted by Gasteiger charge is -2.15. The average molecular weight is 322 g/mol. The molecule has 1 heterocycles. The number of aromatic nitrogens is 2. The number of benzene rings is 1. The van der Waals surface area contributed by atoms with Gasteiger partial charge in [0.25, 0.3) is 0 Å².